The highest BCUT2D eigenvalue weighted by molar-refractivity contribution is 6.11. The van der Waals surface area contributed by atoms with Crippen LogP contribution in [0.2, 0.25) is 0 Å². The van der Waals surface area contributed by atoms with E-state index >= 15 is 0 Å². The zero-order chi connectivity index (χ0) is 28.9. The van der Waals surface area contributed by atoms with Crippen molar-refractivity contribution in [3.63, 3.8) is 0 Å². The Labute approximate surface area is 229 Å². The van der Waals surface area contributed by atoms with Crippen LogP contribution in [0.1, 0.15) is 41.1 Å². The summed E-state index contributed by atoms with van der Waals surface area (Å²) in [5, 5.41) is 24.9. The summed E-state index contributed by atoms with van der Waals surface area (Å²) in [6.07, 6.45) is -2.43. The molecule has 4 rings (SSSR count). The number of benzene rings is 3. The fourth-order valence-corrected chi connectivity index (χ4v) is 4.10. The molecule has 3 aromatic carbocycles. The second-order valence-electron chi connectivity index (χ2n) is 9.68. The van der Waals surface area contributed by atoms with Gasteiger partial charge in [-0.3, -0.25) is 10.2 Å². The molecule has 1 aliphatic carbocycles. The van der Waals surface area contributed by atoms with Crippen molar-refractivity contribution in [3.8, 4) is 6.07 Å². The lowest BCUT2D eigenvalue weighted by Crippen LogP contribution is -2.26. The van der Waals surface area contributed by atoms with E-state index in [2.05, 4.69) is 16.0 Å². The molecule has 4 N–H and O–H groups in total. The molecule has 0 radical (unpaired) electrons. The first-order valence-corrected chi connectivity index (χ1v) is 12.6. The zero-order valence-electron chi connectivity index (χ0n) is 21.6. The lowest BCUT2D eigenvalue weighted by molar-refractivity contribution is -0.112. The number of aryl methyl sites for hydroxylation is 1. The lowest BCUT2D eigenvalue weighted by atomic mass is 9.96. The standard InChI is InChI=1S/C30H27F4N5O/c1-18-4-2-6-21(12-18)28(37-17-19-8-9-19)22-10-11-24(31)25(14-22)39-29(40)26(15-27(36)30(32,33)34)38-23-7-3-5-20(13-23)16-35/h2-7,10-15,19,28,36-38H,8-9,17H2,1H3,(H,39,40)/b26-15-,36-27?. The minimum Gasteiger partial charge on any atom is -0.351 e. The van der Waals surface area contributed by atoms with Crippen LogP contribution >= 0.6 is 0 Å². The number of amides is 1. The van der Waals surface area contributed by atoms with Crippen molar-refractivity contribution in [2.75, 3.05) is 17.2 Å². The smallest absolute Gasteiger partial charge is 0.351 e. The first kappa shape index (κ1) is 28.5. The fraction of sp³-hybridized carbons (Fsp3) is 0.233. The number of hydrogen-bond donors (Lipinski definition) is 4. The molecule has 3 aromatic rings. The summed E-state index contributed by atoms with van der Waals surface area (Å²) in [6, 6.07) is 19.4. The number of rotatable bonds is 10. The average molecular weight is 550 g/mol. The Morgan fingerprint density at radius 1 is 1.07 bits per heavy atom. The minimum absolute atomic E-state index is 0.147. The normalized spacial score (nSPS) is 14.2. The zero-order valence-corrected chi connectivity index (χ0v) is 21.6. The average Bonchev–Trinajstić information content (AvgIpc) is 3.74. The van der Waals surface area contributed by atoms with Gasteiger partial charge >= 0.3 is 6.18 Å². The van der Waals surface area contributed by atoms with E-state index in [9.17, 15) is 22.4 Å². The van der Waals surface area contributed by atoms with Crippen molar-refractivity contribution in [1.82, 2.24) is 5.32 Å². The van der Waals surface area contributed by atoms with E-state index in [1.165, 1.54) is 36.4 Å². The molecule has 40 heavy (non-hydrogen) atoms. The number of alkyl halides is 3. The number of nitrogens with one attached hydrogen (secondary N) is 4. The highest BCUT2D eigenvalue weighted by Crippen LogP contribution is 2.31. The van der Waals surface area contributed by atoms with Crippen LogP contribution in [0.3, 0.4) is 0 Å². The van der Waals surface area contributed by atoms with E-state index in [1.54, 1.807) is 6.07 Å². The number of allylic oxidation sites excluding steroid dienone is 1. The van der Waals surface area contributed by atoms with Gasteiger partial charge in [0.05, 0.1) is 23.4 Å². The predicted octanol–water partition coefficient (Wildman–Crippen LogP) is 6.61. The van der Waals surface area contributed by atoms with Crippen molar-refractivity contribution >= 4 is 23.0 Å². The number of nitrogens with zero attached hydrogens (tertiary/aromatic N) is 1. The SMILES string of the molecule is Cc1cccc(C(NCC2CC2)c2ccc(F)c(NC(=O)/C(=C/C(=N)C(F)(F)F)Nc3cccc(C#N)c3)c2)c1. The molecule has 0 spiro atoms. The number of nitriles is 1. The predicted molar refractivity (Wildman–Crippen MR) is 145 cm³/mol. The number of hydrogen-bond acceptors (Lipinski definition) is 5. The van der Waals surface area contributed by atoms with Gasteiger partial charge in [0.1, 0.15) is 17.2 Å². The molecule has 0 heterocycles. The van der Waals surface area contributed by atoms with Crippen LogP contribution in [0.25, 0.3) is 0 Å². The van der Waals surface area contributed by atoms with Crippen LogP contribution in [-0.2, 0) is 4.79 Å². The number of carbonyl (C=O) groups is 1. The molecule has 6 nitrogen and oxygen atoms in total. The third-order valence-corrected chi connectivity index (χ3v) is 6.36. The van der Waals surface area contributed by atoms with Crippen molar-refractivity contribution in [2.45, 2.75) is 32.0 Å². The van der Waals surface area contributed by atoms with Gasteiger partial charge in [0, 0.05) is 5.69 Å². The molecule has 0 aliphatic heterocycles. The maximum atomic E-state index is 14.9. The highest BCUT2D eigenvalue weighted by atomic mass is 19.4. The van der Waals surface area contributed by atoms with E-state index in [-0.39, 0.29) is 23.0 Å². The summed E-state index contributed by atoms with van der Waals surface area (Å²) in [5.41, 5.74) is 0.340. The third kappa shape index (κ3) is 7.55. The maximum Gasteiger partial charge on any atom is 0.432 e. The van der Waals surface area contributed by atoms with Crippen molar-refractivity contribution in [2.24, 2.45) is 5.92 Å². The van der Waals surface area contributed by atoms with Crippen LogP contribution < -0.4 is 16.0 Å². The Hall–Kier alpha value is -4.49. The molecule has 1 aliphatic rings. The van der Waals surface area contributed by atoms with E-state index in [0.29, 0.717) is 17.6 Å². The molecular weight excluding hydrogens is 522 g/mol. The molecule has 1 fully saturated rings. The Bertz CT molecular complexity index is 1490. The van der Waals surface area contributed by atoms with Gasteiger partial charge in [0.25, 0.3) is 5.91 Å². The molecule has 0 bridgehead atoms. The van der Waals surface area contributed by atoms with Gasteiger partial charge in [-0.1, -0.05) is 42.0 Å². The van der Waals surface area contributed by atoms with Gasteiger partial charge in [-0.15, -0.1) is 0 Å². The number of anilines is 2. The molecular formula is C30H27F4N5O. The van der Waals surface area contributed by atoms with Crippen molar-refractivity contribution in [3.05, 3.63) is 107 Å². The van der Waals surface area contributed by atoms with Gasteiger partial charge in [0.15, 0.2) is 0 Å². The molecule has 1 saturated carbocycles. The monoisotopic (exact) mass is 549 g/mol. The van der Waals surface area contributed by atoms with Gasteiger partial charge in [0.2, 0.25) is 0 Å². The van der Waals surface area contributed by atoms with Crippen molar-refractivity contribution < 1.29 is 22.4 Å². The second-order valence-corrected chi connectivity index (χ2v) is 9.68. The van der Waals surface area contributed by atoms with Gasteiger partial charge in [-0.2, -0.15) is 18.4 Å². The van der Waals surface area contributed by atoms with Crippen LogP contribution in [0, 0.1) is 35.4 Å². The Morgan fingerprint density at radius 2 is 1.80 bits per heavy atom. The molecule has 206 valence electrons. The largest absolute Gasteiger partial charge is 0.432 e. The Balaban J connectivity index is 1.65. The minimum atomic E-state index is -5.01. The lowest BCUT2D eigenvalue weighted by Gasteiger charge is -2.22. The summed E-state index contributed by atoms with van der Waals surface area (Å²) >= 11 is 0. The van der Waals surface area contributed by atoms with E-state index in [4.69, 9.17) is 10.7 Å². The quantitative estimate of drug-likeness (QED) is 0.130. The topological polar surface area (TPSA) is 101 Å². The van der Waals surface area contributed by atoms with Gasteiger partial charge in [-0.05, 0) is 79.8 Å². The van der Waals surface area contributed by atoms with Crippen LogP contribution in [0.5, 0.6) is 0 Å². The van der Waals surface area contributed by atoms with Crippen LogP contribution in [-0.4, -0.2) is 24.3 Å². The molecule has 10 heteroatoms. The first-order chi connectivity index (χ1) is 19.0. The first-order valence-electron chi connectivity index (χ1n) is 12.6. The summed E-state index contributed by atoms with van der Waals surface area (Å²) in [4.78, 5) is 13.2. The highest BCUT2D eigenvalue weighted by Gasteiger charge is 2.34. The summed E-state index contributed by atoms with van der Waals surface area (Å²) in [7, 11) is 0. The summed E-state index contributed by atoms with van der Waals surface area (Å²) < 4.78 is 54.3. The number of carbonyl (C=O) groups excluding carboxylic acids is 1. The molecule has 0 aromatic heterocycles. The third-order valence-electron chi connectivity index (χ3n) is 6.36. The number of halogens is 4. The molecule has 1 atom stereocenters. The maximum absolute atomic E-state index is 14.9. The molecule has 1 amide bonds. The van der Waals surface area contributed by atoms with Crippen LogP contribution in [0.4, 0.5) is 28.9 Å². The molecule has 0 saturated heterocycles. The summed E-state index contributed by atoms with van der Waals surface area (Å²) in [5.74, 6) is -1.31. The Morgan fingerprint density at radius 3 is 2.48 bits per heavy atom. The second kappa shape index (κ2) is 12.1. The summed E-state index contributed by atoms with van der Waals surface area (Å²) in [6.45, 7) is 2.72. The molecule has 1 unspecified atom stereocenters. The Kier molecular flexibility index (Phi) is 8.65. The van der Waals surface area contributed by atoms with E-state index in [0.717, 1.165) is 30.5 Å². The van der Waals surface area contributed by atoms with Crippen LogP contribution in [0.15, 0.2) is 78.5 Å². The fourth-order valence-electron chi connectivity index (χ4n) is 4.10. The van der Waals surface area contributed by atoms with E-state index < -0.39 is 29.3 Å². The van der Waals surface area contributed by atoms with E-state index in [1.807, 2.05) is 37.3 Å². The van der Waals surface area contributed by atoms with Gasteiger partial charge in [-0.25, -0.2) is 4.39 Å². The van der Waals surface area contributed by atoms with Gasteiger partial charge < -0.3 is 16.0 Å². The van der Waals surface area contributed by atoms with Crippen molar-refractivity contribution in [1.29, 1.82) is 10.7 Å².